The van der Waals surface area contributed by atoms with Crippen molar-refractivity contribution in [1.29, 1.82) is 0 Å². The molecule has 1 aromatic heterocycles. The Hall–Kier alpha value is -0.440. The molecule has 0 saturated carbocycles. The molecule has 0 radical (unpaired) electrons. The summed E-state index contributed by atoms with van der Waals surface area (Å²) in [6.07, 6.45) is 5.81. The molecule has 0 aromatic carbocycles. The second kappa shape index (κ2) is 2.92. The van der Waals surface area contributed by atoms with Gasteiger partial charge in [-0.15, -0.1) is 0 Å². The molecule has 0 unspecified atom stereocenters. The van der Waals surface area contributed by atoms with Crippen molar-refractivity contribution < 1.29 is 0 Å². The Bertz CT molecular complexity index is 183. The van der Waals surface area contributed by atoms with Crippen LogP contribution in [0.25, 0.3) is 0 Å². The zero-order chi connectivity index (χ0) is 6.69. The van der Waals surface area contributed by atoms with Gasteiger partial charge in [0.1, 0.15) is 0 Å². The second-order valence-electron chi connectivity index (χ2n) is 1.93. The van der Waals surface area contributed by atoms with Crippen LogP contribution in [0.4, 0.5) is 0 Å². The molecule has 0 aliphatic heterocycles. The van der Waals surface area contributed by atoms with Gasteiger partial charge in [0.15, 0.2) is 0 Å². The fourth-order valence-corrected chi connectivity index (χ4v) is 1.25. The average Bonchev–Trinajstić information content (AvgIpc) is 2.18. The molecule has 0 amide bonds. The van der Waals surface area contributed by atoms with Crippen molar-refractivity contribution in [2.75, 3.05) is 6.26 Å². The van der Waals surface area contributed by atoms with Gasteiger partial charge in [-0.25, -0.2) is 4.98 Å². The van der Waals surface area contributed by atoms with Gasteiger partial charge in [0.05, 0.1) is 6.33 Å². The first kappa shape index (κ1) is 6.68. The number of aryl methyl sites for hydroxylation is 1. The van der Waals surface area contributed by atoms with Crippen LogP contribution < -0.4 is 0 Å². The lowest BCUT2D eigenvalue weighted by atomic mass is 10.5. The zero-order valence-electron chi connectivity index (χ0n) is 5.66. The maximum atomic E-state index is 3.99. The number of imidazole rings is 1. The summed E-state index contributed by atoms with van der Waals surface area (Å²) in [5.41, 5.74) is 1.28. The van der Waals surface area contributed by atoms with Gasteiger partial charge in [-0.05, 0) is 6.26 Å². The lowest BCUT2D eigenvalue weighted by molar-refractivity contribution is 0.867. The summed E-state index contributed by atoms with van der Waals surface area (Å²) in [4.78, 5) is 3.99. The van der Waals surface area contributed by atoms with E-state index >= 15 is 0 Å². The third kappa shape index (κ3) is 1.48. The Morgan fingerprint density at radius 2 is 2.56 bits per heavy atom. The van der Waals surface area contributed by atoms with Crippen LogP contribution in [-0.4, -0.2) is 15.8 Å². The van der Waals surface area contributed by atoms with Gasteiger partial charge < -0.3 is 4.57 Å². The van der Waals surface area contributed by atoms with E-state index in [1.165, 1.54) is 5.69 Å². The maximum absolute atomic E-state index is 3.99. The van der Waals surface area contributed by atoms with E-state index in [9.17, 15) is 0 Å². The first-order chi connectivity index (χ1) is 4.34. The molecule has 0 fully saturated rings. The van der Waals surface area contributed by atoms with E-state index in [1.807, 2.05) is 35.9 Å². The first-order valence-electron chi connectivity index (χ1n) is 2.78. The van der Waals surface area contributed by atoms with Crippen LogP contribution in [-0.2, 0) is 12.8 Å². The monoisotopic (exact) mass is 142 g/mol. The topological polar surface area (TPSA) is 17.8 Å². The van der Waals surface area contributed by atoms with Crippen molar-refractivity contribution in [2.45, 2.75) is 5.75 Å². The van der Waals surface area contributed by atoms with E-state index in [0.29, 0.717) is 0 Å². The lowest BCUT2D eigenvalue weighted by Crippen LogP contribution is -1.90. The second-order valence-corrected chi connectivity index (χ2v) is 2.79. The van der Waals surface area contributed by atoms with E-state index in [4.69, 9.17) is 0 Å². The molecule has 0 N–H and O–H groups in total. The standard InChI is InChI=1S/C6H10N2S/c1-8-5-7-3-6(8)4-9-2/h3,5H,4H2,1-2H3. The van der Waals surface area contributed by atoms with E-state index in [1.54, 1.807) is 0 Å². The number of thioether (sulfide) groups is 1. The molecule has 1 aromatic rings. The van der Waals surface area contributed by atoms with E-state index < -0.39 is 0 Å². The van der Waals surface area contributed by atoms with Gasteiger partial charge in [0, 0.05) is 24.7 Å². The molecule has 9 heavy (non-hydrogen) atoms. The SMILES string of the molecule is CSCc1cncn1C. The molecule has 2 nitrogen and oxygen atoms in total. The number of aromatic nitrogens is 2. The third-order valence-electron chi connectivity index (χ3n) is 1.21. The maximum Gasteiger partial charge on any atom is 0.0945 e. The molecular formula is C6H10N2S. The number of hydrogen-bond donors (Lipinski definition) is 0. The first-order valence-corrected chi connectivity index (χ1v) is 4.18. The normalized spacial score (nSPS) is 10.0. The quantitative estimate of drug-likeness (QED) is 0.619. The number of rotatable bonds is 2. The number of nitrogens with zero attached hydrogens (tertiary/aromatic N) is 2. The molecule has 0 atom stereocenters. The summed E-state index contributed by atoms with van der Waals surface area (Å²) in [5, 5.41) is 0. The van der Waals surface area contributed by atoms with Crippen LogP contribution in [0.1, 0.15) is 5.69 Å². The van der Waals surface area contributed by atoms with Crippen LogP contribution in [0.2, 0.25) is 0 Å². The summed E-state index contributed by atoms with van der Waals surface area (Å²) < 4.78 is 2.04. The van der Waals surface area contributed by atoms with Crippen molar-refractivity contribution in [3.05, 3.63) is 18.2 Å². The minimum atomic E-state index is 1.05. The van der Waals surface area contributed by atoms with E-state index in [-0.39, 0.29) is 0 Å². The Kier molecular flexibility index (Phi) is 2.16. The van der Waals surface area contributed by atoms with Gasteiger partial charge in [-0.2, -0.15) is 11.8 Å². The van der Waals surface area contributed by atoms with Crippen molar-refractivity contribution in [2.24, 2.45) is 7.05 Å². The highest BCUT2D eigenvalue weighted by atomic mass is 32.2. The fraction of sp³-hybridized carbons (Fsp3) is 0.500. The van der Waals surface area contributed by atoms with Crippen molar-refractivity contribution >= 4 is 11.8 Å². The van der Waals surface area contributed by atoms with Gasteiger partial charge >= 0.3 is 0 Å². The van der Waals surface area contributed by atoms with Crippen LogP contribution in [0.15, 0.2) is 12.5 Å². The molecule has 1 heterocycles. The van der Waals surface area contributed by atoms with Crippen molar-refractivity contribution in [1.82, 2.24) is 9.55 Å². The zero-order valence-corrected chi connectivity index (χ0v) is 6.48. The molecule has 50 valence electrons. The van der Waals surface area contributed by atoms with E-state index in [0.717, 1.165) is 5.75 Å². The molecule has 0 spiro atoms. The Balaban J connectivity index is 2.69. The van der Waals surface area contributed by atoms with Crippen LogP contribution in [0, 0.1) is 0 Å². The Morgan fingerprint density at radius 3 is 3.00 bits per heavy atom. The molecule has 0 aliphatic carbocycles. The molecule has 0 aliphatic rings. The predicted octanol–water partition coefficient (Wildman–Crippen LogP) is 1.28. The predicted molar refractivity (Wildman–Crippen MR) is 40.4 cm³/mol. The van der Waals surface area contributed by atoms with Crippen LogP contribution >= 0.6 is 11.8 Å². The third-order valence-corrected chi connectivity index (χ3v) is 1.79. The van der Waals surface area contributed by atoms with Crippen molar-refractivity contribution in [3.8, 4) is 0 Å². The van der Waals surface area contributed by atoms with Gasteiger partial charge in [0.2, 0.25) is 0 Å². The summed E-state index contributed by atoms with van der Waals surface area (Å²) in [6.45, 7) is 0. The highest BCUT2D eigenvalue weighted by Crippen LogP contribution is 2.05. The minimum Gasteiger partial charge on any atom is -0.337 e. The van der Waals surface area contributed by atoms with Crippen LogP contribution in [0.5, 0.6) is 0 Å². The lowest BCUT2D eigenvalue weighted by Gasteiger charge is -1.96. The minimum absolute atomic E-state index is 1.05. The smallest absolute Gasteiger partial charge is 0.0945 e. The van der Waals surface area contributed by atoms with Crippen molar-refractivity contribution in [3.63, 3.8) is 0 Å². The largest absolute Gasteiger partial charge is 0.337 e. The molecule has 0 bridgehead atoms. The van der Waals surface area contributed by atoms with E-state index in [2.05, 4.69) is 11.2 Å². The molecule has 1 rings (SSSR count). The van der Waals surface area contributed by atoms with Gasteiger partial charge in [-0.1, -0.05) is 0 Å². The molecule has 3 heteroatoms. The fourth-order valence-electron chi connectivity index (χ4n) is 0.672. The number of hydrogen-bond acceptors (Lipinski definition) is 2. The summed E-state index contributed by atoms with van der Waals surface area (Å²) in [7, 11) is 2.01. The highest BCUT2D eigenvalue weighted by Gasteiger charge is 1.93. The van der Waals surface area contributed by atoms with Crippen LogP contribution in [0.3, 0.4) is 0 Å². The summed E-state index contributed by atoms with van der Waals surface area (Å²) in [5.74, 6) is 1.05. The Labute approximate surface area is 59.3 Å². The summed E-state index contributed by atoms with van der Waals surface area (Å²) in [6, 6.07) is 0. The van der Waals surface area contributed by atoms with Gasteiger partial charge in [0.25, 0.3) is 0 Å². The molecule has 0 saturated heterocycles. The molecular weight excluding hydrogens is 132 g/mol. The van der Waals surface area contributed by atoms with Gasteiger partial charge in [-0.3, -0.25) is 0 Å². The average molecular weight is 142 g/mol. The Morgan fingerprint density at radius 1 is 1.78 bits per heavy atom. The highest BCUT2D eigenvalue weighted by molar-refractivity contribution is 7.97. The summed E-state index contributed by atoms with van der Waals surface area (Å²) >= 11 is 1.81.